The molecule has 2 aromatic carbocycles. The Bertz CT molecular complexity index is 1560. The first-order valence-corrected chi connectivity index (χ1v) is 19.0. The van der Waals surface area contributed by atoms with E-state index in [2.05, 4.69) is 21.3 Å². The average molecular weight is 795 g/mol. The number of benzene rings is 2. The van der Waals surface area contributed by atoms with Crippen molar-refractivity contribution in [2.24, 2.45) is 35.5 Å². The minimum Gasteiger partial charge on any atom is -0.469 e. The van der Waals surface area contributed by atoms with Crippen LogP contribution in [0.4, 0.5) is 0 Å². The Morgan fingerprint density at radius 2 is 0.860 bits per heavy atom. The second-order valence-corrected chi connectivity index (χ2v) is 15.0. The Hall–Kier alpha value is -4.84. The van der Waals surface area contributed by atoms with Crippen LogP contribution in [0, 0.1) is 35.5 Å². The lowest BCUT2D eigenvalue weighted by Crippen LogP contribution is -2.52. The summed E-state index contributed by atoms with van der Waals surface area (Å²) in [6.45, 7) is 7.74. The van der Waals surface area contributed by atoms with E-state index in [-0.39, 0.29) is 19.5 Å². The van der Waals surface area contributed by atoms with Crippen LogP contribution in [0.15, 0.2) is 60.7 Å². The van der Waals surface area contributed by atoms with E-state index in [9.17, 15) is 28.8 Å². The molecule has 2 saturated heterocycles. The summed E-state index contributed by atoms with van der Waals surface area (Å²) in [7, 11) is 4.44. The molecule has 0 radical (unpaired) electrons. The lowest BCUT2D eigenvalue weighted by atomic mass is 9.84. The van der Waals surface area contributed by atoms with E-state index in [4.69, 9.17) is 28.3 Å². The highest BCUT2D eigenvalue weighted by molar-refractivity contribution is 6.18. The van der Waals surface area contributed by atoms with Crippen LogP contribution in [-0.4, -0.2) is 96.4 Å². The predicted octanol–water partition coefficient (Wildman–Crippen LogP) is 1.85. The standard InChI is InChI=1S/C40H55BN4O12/c1-21(2)19-25(42-35(46)33-29(39(50)54-7)27(37(48)52-5)31(44-33)23-15-11-9-12-16-23)56-41-57-26(20-22(3)4)43-36(47)34-30(40(51)55-8)28(38(49)53-6)32(45-34)24-17-13-10-14-18-24/h9-18,21-22,25-34,41,44-45H,19-20H2,1-8H3,(H,42,46)(H,43,47). The van der Waals surface area contributed by atoms with Crippen molar-refractivity contribution >= 4 is 43.4 Å². The maximum atomic E-state index is 14.0. The molecule has 17 heteroatoms. The summed E-state index contributed by atoms with van der Waals surface area (Å²) in [4.78, 5) is 80.5. The first-order valence-electron chi connectivity index (χ1n) is 19.0. The largest absolute Gasteiger partial charge is 0.469 e. The normalized spacial score (nSPS) is 25.2. The fraction of sp³-hybridized carbons (Fsp3) is 0.550. The summed E-state index contributed by atoms with van der Waals surface area (Å²) < 4.78 is 32.4. The third-order valence-electron chi connectivity index (χ3n) is 10.2. The molecule has 2 aliphatic heterocycles. The molecular formula is C40H55BN4O12. The van der Waals surface area contributed by atoms with Gasteiger partial charge in [-0.05, 0) is 35.8 Å². The fourth-order valence-electron chi connectivity index (χ4n) is 7.61. The Morgan fingerprint density at radius 3 is 1.16 bits per heavy atom. The van der Waals surface area contributed by atoms with Crippen molar-refractivity contribution < 1.29 is 57.0 Å². The first kappa shape index (κ1) is 44.9. The quantitative estimate of drug-likeness (QED) is 0.0736. The number of rotatable bonds is 18. The second kappa shape index (κ2) is 21.1. The van der Waals surface area contributed by atoms with Crippen LogP contribution in [-0.2, 0) is 57.0 Å². The summed E-state index contributed by atoms with van der Waals surface area (Å²) in [5.41, 5.74) is 1.36. The molecule has 2 fully saturated rings. The molecule has 2 amide bonds. The Kier molecular flexibility index (Phi) is 16.6. The van der Waals surface area contributed by atoms with Crippen molar-refractivity contribution in [1.82, 2.24) is 21.3 Å². The molecule has 0 bridgehead atoms. The number of hydrogen-bond acceptors (Lipinski definition) is 14. The van der Waals surface area contributed by atoms with Crippen LogP contribution >= 0.6 is 0 Å². The summed E-state index contributed by atoms with van der Waals surface area (Å²) >= 11 is 0. The van der Waals surface area contributed by atoms with E-state index < -0.39 is 96.0 Å². The van der Waals surface area contributed by atoms with Crippen LogP contribution in [0.2, 0.25) is 0 Å². The molecule has 0 spiro atoms. The van der Waals surface area contributed by atoms with E-state index in [0.29, 0.717) is 24.0 Å². The predicted molar refractivity (Wildman–Crippen MR) is 206 cm³/mol. The minimum atomic E-state index is -1.22. The van der Waals surface area contributed by atoms with Crippen LogP contribution in [0.3, 0.4) is 0 Å². The molecule has 57 heavy (non-hydrogen) atoms. The van der Waals surface area contributed by atoms with Crippen LogP contribution in [0.1, 0.15) is 63.7 Å². The summed E-state index contributed by atoms with van der Waals surface area (Å²) in [6, 6.07) is 14.1. The van der Waals surface area contributed by atoms with Gasteiger partial charge in [0.2, 0.25) is 11.8 Å². The van der Waals surface area contributed by atoms with E-state index in [1.54, 1.807) is 48.5 Å². The van der Waals surface area contributed by atoms with Gasteiger partial charge in [-0.1, -0.05) is 88.4 Å². The van der Waals surface area contributed by atoms with Gasteiger partial charge in [-0.25, -0.2) is 0 Å². The zero-order valence-corrected chi connectivity index (χ0v) is 33.7. The molecule has 2 aromatic rings. The van der Waals surface area contributed by atoms with Crippen LogP contribution in [0.25, 0.3) is 0 Å². The fourth-order valence-corrected chi connectivity index (χ4v) is 7.61. The number of esters is 4. The van der Waals surface area contributed by atoms with E-state index in [1.165, 1.54) is 28.4 Å². The molecule has 10 atom stereocenters. The zero-order valence-electron chi connectivity index (χ0n) is 33.7. The lowest BCUT2D eigenvalue weighted by molar-refractivity contribution is -0.157. The van der Waals surface area contributed by atoms with E-state index >= 15 is 0 Å². The highest BCUT2D eigenvalue weighted by Crippen LogP contribution is 2.40. The second-order valence-electron chi connectivity index (χ2n) is 15.0. The molecule has 4 N–H and O–H groups in total. The van der Waals surface area contributed by atoms with Gasteiger partial charge in [0, 0.05) is 12.1 Å². The molecule has 310 valence electrons. The number of hydrogen-bond donors (Lipinski definition) is 4. The van der Waals surface area contributed by atoms with E-state index in [0.717, 1.165) is 0 Å². The van der Waals surface area contributed by atoms with Gasteiger partial charge >= 0.3 is 31.6 Å². The van der Waals surface area contributed by atoms with Crippen LogP contribution < -0.4 is 21.3 Å². The van der Waals surface area contributed by atoms with Gasteiger partial charge < -0.3 is 38.9 Å². The van der Waals surface area contributed by atoms with Crippen molar-refractivity contribution in [3.05, 3.63) is 71.8 Å². The molecule has 16 nitrogen and oxygen atoms in total. The topological polar surface area (TPSA) is 206 Å². The Balaban J connectivity index is 1.50. The molecule has 10 unspecified atom stereocenters. The Morgan fingerprint density at radius 1 is 0.544 bits per heavy atom. The van der Waals surface area contributed by atoms with Crippen LogP contribution in [0.5, 0.6) is 0 Å². The maximum absolute atomic E-state index is 14.0. The van der Waals surface area contributed by atoms with Gasteiger partial charge in [0.15, 0.2) is 0 Å². The van der Waals surface area contributed by atoms with Gasteiger partial charge in [0.25, 0.3) is 0 Å². The third-order valence-corrected chi connectivity index (χ3v) is 10.2. The van der Waals surface area contributed by atoms with Gasteiger partial charge in [0.05, 0.1) is 52.1 Å². The highest BCUT2D eigenvalue weighted by Gasteiger charge is 2.56. The van der Waals surface area contributed by atoms with Gasteiger partial charge in [-0.2, -0.15) is 0 Å². The smallest absolute Gasteiger partial charge is 0.441 e. The van der Waals surface area contributed by atoms with Gasteiger partial charge in [0.1, 0.15) is 24.5 Å². The van der Waals surface area contributed by atoms with E-state index in [1.807, 2.05) is 39.8 Å². The van der Waals surface area contributed by atoms with Crippen molar-refractivity contribution in [3.63, 3.8) is 0 Å². The molecule has 2 heterocycles. The number of carbonyl (C=O) groups excluding carboxylic acids is 6. The number of carbonyl (C=O) groups is 6. The number of amides is 2. The zero-order chi connectivity index (χ0) is 41.8. The lowest BCUT2D eigenvalue weighted by Gasteiger charge is -2.27. The number of nitrogens with one attached hydrogen (secondary N) is 4. The maximum Gasteiger partial charge on any atom is 0.441 e. The summed E-state index contributed by atoms with van der Waals surface area (Å²) in [5, 5.41) is 12.1. The SMILES string of the molecule is COC(=O)C1C(C(=O)NC(CC(C)C)OBOC(CC(C)C)NC(=O)C2NC(c3ccccc3)C(C(=O)OC)C2C(=O)OC)NC(c2ccccc2)C1C(=O)OC. The van der Waals surface area contributed by atoms with Gasteiger partial charge in [-0.3, -0.25) is 39.4 Å². The monoisotopic (exact) mass is 794 g/mol. The molecule has 4 rings (SSSR count). The Labute approximate surface area is 334 Å². The summed E-state index contributed by atoms with van der Waals surface area (Å²) in [5.74, 6) is -8.55. The van der Waals surface area contributed by atoms with Crippen molar-refractivity contribution in [1.29, 1.82) is 0 Å². The molecular weight excluding hydrogens is 739 g/mol. The first-order chi connectivity index (χ1) is 27.3. The molecule has 2 aliphatic rings. The van der Waals surface area contributed by atoms with Crippen molar-refractivity contribution in [2.45, 2.75) is 77.2 Å². The molecule has 0 saturated carbocycles. The average Bonchev–Trinajstić information content (AvgIpc) is 3.81. The van der Waals surface area contributed by atoms with Gasteiger partial charge in [-0.15, -0.1) is 0 Å². The minimum absolute atomic E-state index is 0.0401. The third kappa shape index (κ3) is 11.2. The van der Waals surface area contributed by atoms with Crippen molar-refractivity contribution in [2.75, 3.05) is 28.4 Å². The molecule has 0 aromatic heterocycles. The van der Waals surface area contributed by atoms with Crippen molar-refractivity contribution in [3.8, 4) is 0 Å². The highest BCUT2D eigenvalue weighted by atomic mass is 16.6. The number of ether oxygens (including phenoxy) is 4. The molecule has 0 aliphatic carbocycles. The number of methoxy groups -OCH3 is 4. The summed E-state index contributed by atoms with van der Waals surface area (Å²) in [6.07, 6.45) is -1.13.